The van der Waals surface area contributed by atoms with E-state index in [2.05, 4.69) is 33.8 Å². The Morgan fingerprint density at radius 1 is 1.22 bits per heavy atom. The molecule has 0 spiro atoms. The van der Waals surface area contributed by atoms with Gasteiger partial charge in [0.05, 0.1) is 11.0 Å². The summed E-state index contributed by atoms with van der Waals surface area (Å²) in [6, 6.07) is 8.44. The topological polar surface area (TPSA) is 53.4 Å². The van der Waals surface area contributed by atoms with E-state index in [9.17, 15) is 4.79 Å². The zero-order chi connectivity index (χ0) is 16.4. The van der Waals surface area contributed by atoms with Crippen molar-refractivity contribution >= 4 is 23.0 Å². The first kappa shape index (κ1) is 15.6. The molecule has 1 N–H and O–H groups in total. The summed E-state index contributed by atoms with van der Waals surface area (Å²) >= 11 is 0. The van der Waals surface area contributed by atoms with Crippen LogP contribution < -0.4 is 10.2 Å². The first-order valence-corrected chi connectivity index (χ1v) is 8.35. The Balaban J connectivity index is 1.74. The van der Waals surface area contributed by atoms with Crippen molar-refractivity contribution < 1.29 is 4.79 Å². The molecule has 0 unspecified atom stereocenters. The molecule has 2 amide bonds. The highest BCUT2D eigenvalue weighted by Crippen LogP contribution is 2.23. The third kappa shape index (κ3) is 3.11. The van der Waals surface area contributed by atoms with Crippen LogP contribution in [-0.4, -0.2) is 52.7 Å². The fraction of sp³-hybridized carbons (Fsp3) is 0.529. The van der Waals surface area contributed by atoms with Gasteiger partial charge in [0.25, 0.3) is 0 Å². The van der Waals surface area contributed by atoms with Crippen molar-refractivity contribution in [3.8, 4) is 0 Å². The number of amides is 2. The van der Waals surface area contributed by atoms with Crippen molar-refractivity contribution in [2.24, 2.45) is 0 Å². The molecule has 1 aliphatic heterocycles. The number of hydrogen-bond donors (Lipinski definition) is 1. The molecule has 2 aromatic rings. The maximum Gasteiger partial charge on any atom is 0.317 e. The second-order valence-electron chi connectivity index (χ2n) is 6.22. The molecule has 6 nitrogen and oxygen atoms in total. The number of rotatable bonds is 3. The standard InChI is InChI=1S/C17H25N5O/c1-4-22-15-8-6-5-7-14(15)19-16(22)20-9-11-21(12-10-20)17(23)18-13(2)3/h5-8,13H,4,9-12H2,1-3H3,(H,18,23). The molecule has 1 saturated heterocycles. The molecule has 0 saturated carbocycles. The Labute approximate surface area is 137 Å². The average molecular weight is 315 g/mol. The zero-order valence-electron chi connectivity index (χ0n) is 14.1. The maximum absolute atomic E-state index is 12.1. The van der Waals surface area contributed by atoms with E-state index in [4.69, 9.17) is 4.98 Å². The normalized spacial score (nSPS) is 15.5. The fourth-order valence-corrected chi connectivity index (χ4v) is 3.06. The molecule has 2 heterocycles. The van der Waals surface area contributed by atoms with Gasteiger partial charge in [0.2, 0.25) is 5.95 Å². The van der Waals surface area contributed by atoms with E-state index < -0.39 is 0 Å². The van der Waals surface area contributed by atoms with Crippen LogP contribution in [0.1, 0.15) is 20.8 Å². The van der Waals surface area contributed by atoms with Crippen LogP contribution in [0.5, 0.6) is 0 Å². The lowest BCUT2D eigenvalue weighted by molar-refractivity contribution is 0.191. The summed E-state index contributed by atoms with van der Waals surface area (Å²) in [4.78, 5) is 21.1. The number of anilines is 1. The molecule has 23 heavy (non-hydrogen) atoms. The average Bonchev–Trinajstić information content (AvgIpc) is 2.93. The van der Waals surface area contributed by atoms with Crippen LogP contribution in [0, 0.1) is 0 Å². The minimum Gasteiger partial charge on any atom is -0.339 e. The third-order valence-electron chi connectivity index (χ3n) is 4.21. The highest BCUT2D eigenvalue weighted by atomic mass is 16.2. The number of aromatic nitrogens is 2. The van der Waals surface area contributed by atoms with Crippen molar-refractivity contribution in [1.29, 1.82) is 0 Å². The van der Waals surface area contributed by atoms with Gasteiger partial charge in [-0.1, -0.05) is 12.1 Å². The van der Waals surface area contributed by atoms with Gasteiger partial charge in [0, 0.05) is 38.8 Å². The van der Waals surface area contributed by atoms with Gasteiger partial charge in [-0.2, -0.15) is 0 Å². The van der Waals surface area contributed by atoms with E-state index in [1.54, 1.807) is 0 Å². The van der Waals surface area contributed by atoms with Gasteiger partial charge in [-0.3, -0.25) is 0 Å². The van der Waals surface area contributed by atoms with E-state index in [0.717, 1.165) is 44.2 Å². The number of benzene rings is 1. The zero-order valence-corrected chi connectivity index (χ0v) is 14.1. The van der Waals surface area contributed by atoms with Gasteiger partial charge in [-0.15, -0.1) is 0 Å². The largest absolute Gasteiger partial charge is 0.339 e. The van der Waals surface area contributed by atoms with Crippen LogP contribution in [0.25, 0.3) is 11.0 Å². The lowest BCUT2D eigenvalue weighted by Gasteiger charge is -2.35. The first-order valence-electron chi connectivity index (χ1n) is 8.35. The van der Waals surface area contributed by atoms with Crippen molar-refractivity contribution in [2.75, 3.05) is 31.1 Å². The van der Waals surface area contributed by atoms with Gasteiger partial charge < -0.3 is 19.7 Å². The van der Waals surface area contributed by atoms with Crippen molar-refractivity contribution in [2.45, 2.75) is 33.4 Å². The molecular formula is C17H25N5O. The minimum atomic E-state index is 0.0312. The Hall–Kier alpha value is -2.24. The molecule has 0 radical (unpaired) electrons. The fourth-order valence-electron chi connectivity index (χ4n) is 3.06. The van der Waals surface area contributed by atoms with Crippen molar-refractivity contribution in [3.05, 3.63) is 24.3 Å². The lowest BCUT2D eigenvalue weighted by Crippen LogP contribution is -2.53. The van der Waals surface area contributed by atoms with Crippen LogP contribution >= 0.6 is 0 Å². The predicted octanol–water partition coefficient (Wildman–Crippen LogP) is 2.30. The number of piperazine rings is 1. The highest BCUT2D eigenvalue weighted by Gasteiger charge is 2.24. The van der Waals surface area contributed by atoms with Crippen LogP contribution in [-0.2, 0) is 6.54 Å². The number of carbonyl (C=O) groups is 1. The van der Waals surface area contributed by atoms with Gasteiger partial charge in [0.15, 0.2) is 0 Å². The number of aryl methyl sites for hydroxylation is 1. The molecule has 3 rings (SSSR count). The van der Waals surface area contributed by atoms with E-state index >= 15 is 0 Å². The summed E-state index contributed by atoms with van der Waals surface area (Å²) in [5.41, 5.74) is 2.20. The molecule has 0 atom stereocenters. The van der Waals surface area contributed by atoms with Gasteiger partial charge in [-0.05, 0) is 32.9 Å². The van der Waals surface area contributed by atoms with E-state index in [0.29, 0.717) is 0 Å². The molecule has 124 valence electrons. The number of hydrogen-bond acceptors (Lipinski definition) is 3. The predicted molar refractivity (Wildman–Crippen MR) is 92.9 cm³/mol. The van der Waals surface area contributed by atoms with Crippen LogP contribution in [0.3, 0.4) is 0 Å². The molecule has 1 aliphatic rings. The molecule has 1 aromatic carbocycles. The summed E-state index contributed by atoms with van der Waals surface area (Å²) in [6.07, 6.45) is 0. The van der Waals surface area contributed by atoms with E-state index in [-0.39, 0.29) is 12.1 Å². The van der Waals surface area contributed by atoms with Crippen LogP contribution in [0.4, 0.5) is 10.7 Å². The van der Waals surface area contributed by atoms with E-state index in [1.165, 1.54) is 5.52 Å². The Morgan fingerprint density at radius 2 is 1.91 bits per heavy atom. The third-order valence-corrected chi connectivity index (χ3v) is 4.21. The Bertz CT molecular complexity index is 685. The molecular weight excluding hydrogens is 290 g/mol. The number of imidazole rings is 1. The number of nitrogens with one attached hydrogen (secondary N) is 1. The second kappa shape index (κ2) is 6.48. The number of nitrogens with zero attached hydrogens (tertiary/aromatic N) is 4. The number of fused-ring (bicyclic) bond motifs is 1. The SMILES string of the molecule is CCn1c(N2CCN(C(=O)NC(C)C)CC2)nc2ccccc21. The number of para-hydroxylation sites is 2. The van der Waals surface area contributed by atoms with Crippen LogP contribution in [0.2, 0.25) is 0 Å². The molecule has 6 heteroatoms. The first-order chi connectivity index (χ1) is 11.1. The summed E-state index contributed by atoms with van der Waals surface area (Å²) in [6.45, 7) is 10.1. The summed E-state index contributed by atoms with van der Waals surface area (Å²) in [5.74, 6) is 1.01. The van der Waals surface area contributed by atoms with Gasteiger partial charge >= 0.3 is 6.03 Å². The van der Waals surface area contributed by atoms with Gasteiger partial charge in [-0.25, -0.2) is 9.78 Å². The lowest BCUT2D eigenvalue weighted by atomic mass is 10.3. The Morgan fingerprint density at radius 3 is 2.57 bits per heavy atom. The van der Waals surface area contributed by atoms with Crippen molar-refractivity contribution in [3.63, 3.8) is 0 Å². The Kier molecular flexibility index (Phi) is 4.41. The van der Waals surface area contributed by atoms with Crippen molar-refractivity contribution in [1.82, 2.24) is 19.8 Å². The number of urea groups is 1. The monoisotopic (exact) mass is 315 g/mol. The molecule has 0 bridgehead atoms. The van der Waals surface area contributed by atoms with E-state index in [1.807, 2.05) is 30.9 Å². The summed E-state index contributed by atoms with van der Waals surface area (Å²) in [7, 11) is 0. The maximum atomic E-state index is 12.1. The molecule has 0 aliphatic carbocycles. The summed E-state index contributed by atoms with van der Waals surface area (Å²) < 4.78 is 2.25. The van der Waals surface area contributed by atoms with Gasteiger partial charge in [0.1, 0.15) is 0 Å². The van der Waals surface area contributed by atoms with Crippen LogP contribution in [0.15, 0.2) is 24.3 Å². The molecule has 1 fully saturated rings. The quantitative estimate of drug-likeness (QED) is 0.945. The molecule has 1 aromatic heterocycles. The minimum absolute atomic E-state index is 0.0312. The number of carbonyl (C=O) groups excluding carboxylic acids is 1. The second-order valence-corrected chi connectivity index (χ2v) is 6.22. The smallest absolute Gasteiger partial charge is 0.317 e. The summed E-state index contributed by atoms with van der Waals surface area (Å²) in [5, 5.41) is 2.96. The highest BCUT2D eigenvalue weighted by molar-refractivity contribution is 5.79.